The number of nitrogens with zero attached hydrogens (tertiary/aromatic N) is 1. The van der Waals surface area contributed by atoms with E-state index in [1.807, 2.05) is 31.3 Å². The highest BCUT2D eigenvalue weighted by atomic mass is 16.2. The SMILES string of the molecule is CCCNC(=O)[C@@H](N)CC1=CNCN1C(c1ccccc1)(c1ccccc1)c1ccccc1. The molecule has 0 bridgehead atoms. The molecule has 0 spiro atoms. The van der Waals surface area contributed by atoms with Gasteiger partial charge in [0, 0.05) is 24.9 Å². The number of hydrogen-bond donors (Lipinski definition) is 3. The lowest BCUT2D eigenvalue weighted by Gasteiger charge is -2.46. The summed E-state index contributed by atoms with van der Waals surface area (Å²) in [4.78, 5) is 14.9. The van der Waals surface area contributed by atoms with Crippen LogP contribution in [-0.4, -0.2) is 30.1 Å². The molecule has 4 rings (SSSR count). The van der Waals surface area contributed by atoms with Crippen molar-refractivity contribution in [1.29, 1.82) is 0 Å². The minimum atomic E-state index is -0.620. The van der Waals surface area contributed by atoms with Crippen molar-refractivity contribution in [3.05, 3.63) is 120 Å². The van der Waals surface area contributed by atoms with Gasteiger partial charge in [0.2, 0.25) is 5.91 Å². The third kappa shape index (κ3) is 4.50. The highest BCUT2D eigenvalue weighted by Gasteiger charge is 2.44. The molecule has 0 radical (unpaired) electrons. The van der Waals surface area contributed by atoms with E-state index in [0.29, 0.717) is 19.6 Å². The van der Waals surface area contributed by atoms with Crippen LogP contribution in [0, 0.1) is 0 Å². The van der Waals surface area contributed by atoms with Crippen LogP contribution in [0.1, 0.15) is 36.5 Å². The van der Waals surface area contributed by atoms with E-state index in [9.17, 15) is 4.79 Å². The lowest BCUT2D eigenvalue weighted by atomic mass is 9.75. The molecular weight excluding hydrogens is 408 g/mol. The van der Waals surface area contributed by atoms with Crippen molar-refractivity contribution in [2.24, 2.45) is 5.73 Å². The maximum absolute atomic E-state index is 12.6. The molecule has 3 aromatic carbocycles. The van der Waals surface area contributed by atoms with Gasteiger partial charge in [-0.15, -0.1) is 0 Å². The monoisotopic (exact) mass is 440 g/mol. The van der Waals surface area contributed by atoms with Gasteiger partial charge in [-0.3, -0.25) is 4.79 Å². The van der Waals surface area contributed by atoms with Crippen molar-refractivity contribution in [3.63, 3.8) is 0 Å². The molecule has 1 amide bonds. The molecule has 1 aliphatic rings. The highest BCUT2D eigenvalue weighted by Crippen LogP contribution is 2.45. The number of hydrogen-bond acceptors (Lipinski definition) is 4. The molecule has 0 saturated carbocycles. The standard InChI is InChI=1S/C28H32N4O/c1-2-18-31-27(33)26(29)19-25-20-30-21-32(25)28(22-12-6-3-7-13-22,23-14-8-4-9-15-23)24-16-10-5-11-17-24/h3-17,20,26,30H,2,18-19,21,29H2,1H3,(H,31,33)/t26-/m0/s1. The molecule has 0 unspecified atom stereocenters. The van der Waals surface area contributed by atoms with Crippen molar-refractivity contribution < 1.29 is 4.79 Å². The van der Waals surface area contributed by atoms with E-state index in [4.69, 9.17) is 5.73 Å². The third-order valence-electron chi connectivity index (χ3n) is 6.16. The van der Waals surface area contributed by atoms with Crippen LogP contribution in [0.4, 0.5) is 0 Å². The van der Waals surface area contributed by atoms with Gasteiger partial charge in [0.1, 0.15) is 5.54 Å². The van der Waals surface area contributed by atoms with Crippen LogP contribution in [0.3, 0.4) is 0 Å². The minimum Gasteiger partial charge on any atom is -0.372 e. The van der Waals surface area contributed by atoms with Crippen molar-refractivity contribution in [2.45, 2.75) is 31.3 Å². The topological polar surface area (TPSA) is 70.4 Å². The van der Waals surface area contributed by atoms with Gasteiger partial charge in [0.05, 0.1) is 12.7 Å². The molecule has 1 atom stereocenters. The largest absolute Gasteiger partial charge is 0.372 e. The van der Waals surface area contributed by atoms with Crippen LogP contribution in [0.15, 0.2) is 103 Å². The van der Waals surface area contributed by atoms with Gasteiger partial charge < -0.3 is 21.3 Å². The summed E-state index contributed by atoms with van der Waals surface area (Å²) in [6.07, 6.45) is 3.32. The zero-order valence-corrected chi connectivity index (χ0v) is 19.1. The normalized spacial score (nSPS) is 14.4. The second-order valence-electron chi connectivity index (χ2n) is 8.34. The summed E-state index contributed by atoms with van der Waals surface area (Å²) in [5.74, 6) is -0.116. The van der Waals surface area contributed by atoms with Crippen LogP contribution in [0.5, 0.6) is 0 Å². The molecule has 170 valence electrons. The Bertz CT molecular complexity index is 970. The zero-order chi connectivity index (χ0) is 23.1. The number of nitrogens with one attached hydrogen (secondary N) is 2. The van der Waals surface area contributed by atoms with Gasteiger partial charge in [-0.1, -0.05) is 97.9 Å². The molecule has 5 heteroatoms. The van der Waals surface area contributed by atoms with E-state index in [2.05, 4.69) is 88.3 Å². The van der Waals surface area contributed by atoms with E-state index >= 15 is 0 Å². The predicted molar refractivity (Wildman–Crippen MR) is 133 cm³/mol. The molecule has 0 saturated heterocycles. The van der Waals surface area contributed by atoms with Gasteiger partial charge in [-0.2, -0.15) is 0 Å². The summed E-state index contributed by atoms with van der Waals surface area (Å²) < 4.78 is 0. The summed E-state index contributed by atoms with van der Waals surface area (Å²) in [5, 5.41) is 6.33. The lowest BCUT2D eigenvalue weighted by Crippen LogP contribution is -2.49. The number of amides is 1. The Morgan fingerprint density at radius 1 is 0.939 bits per heavy atom. The van der Waals surface area contributed by atoms with Crippen LogP contribution in [0.25, 0.3) is 0 Å². The van der Waals surface area contributed by atoms with E-state index in [0.717, 1.165) is 28.8 Å². The summed E-state index contributed by atoms with van der Waals surface area (Å²) in [6.45, 7) is 3.28. The Kier molecular flexibility index (Phi) is 7.10. The number of rotatable bonds is 9. The number of carbonyl (C=O) groups is 1. The average Bonchev–Trinajstić information content (AvgIpc) is 3.33. The Morgan fingerprint density at radius 2 is 1.42 bits per heavy atom. The summed E-state index contributed by atoms with van der Waals surface area (Å²) in [7, 11) is 0. The van der Waals surface area contributed by atoms with Crippen LogP contribution >= 0.6 is 0 Å². The van der Waals surface area contributed by atoms with E-state index < -0.39 is 11.6 Å². The first kappa shape index (κ1) is 22.6. The molecule has 0 aliphatic carbocycles. The fraction of sp³-hybridized carbons (Fsp3) is 0.250. The van der Waals surface area contributed by atoms with Gasteiger partial charge in [-0.05, 0) is 23.1 Å². The summed E-state index contributed by atoms with van der Waals surface area (Å²) >= 11 is 0. The van der Waals surface area contributed by atoms with Crippen LogP contribution < -0.4 is 16.4 Å². The van der Waals surface area contributed by atoms with Crippen LogP contribution in [0.2, 0.25) is 0 Å². The van der Waals surface area contributed by atoms with Crippen molar-refractivity contribution >= 4 is 5.91 Å². The molecule has 33 heavy (non-hydrogen) atoms. The quantitative estimate of drug-likeness (QED) is 0.441. The zero-order valence-electron chi connectivity index (χ0n) is 19.1. The van der Waals surface area contributed by atoms with E-state index in [1.54, 1.807) is 0 Å². The average molecular weight is 441 g/mol. The maximum atomic E-state index is 12.6. The first-order chi connectivity index (χ1) is 16.2. The molecule has 0 aromatic heterocycles. The molecule has 1 heterocycles. The molecular formula is C28H32N4O. The van der Waals surface area contributed by atoms with Crippen LogP contribution in [-0.2, 0) is 10.3 Å². The van der Waals surface area contributed by atoms with Crippen molar-refractivity contribution in [1.82, 2.24) is 15.5 Å². The van der Waals surface area contributed by atoms with Crippen molar-refractivity contribution in [2.75, 3.05) is 13.2 Å². The Balaban J connectivity index is 1.83. The molecule has 5 nitrogen and oxygen atoms in total. The second kappa shape index (κ2) is 10.4. The Hall–Kier alpha value is -3.57. The minimum absolute atomic E-state index is 0.116. The summed E-state index contributed by atoms with van der Waals surface area (Å²) in [6, 6.07) is 31.0. The second-order valence-corrected chi connectivity index (χ2v) is 8.34. The molecule has 4 N–H and O–H groups in total. The number of carbonyl (C=O) groups excluding carboxylic acids is 1. The van der Waals surface area contributed by atoms with Gasteiger partial charge in [0.25, 0.3) is 0 Å². The fourth-order valence-corrected chi connectivity index (χ4v) is 4.64. The summed E-state index contributed by atoms with van der Waals surface area (Å²) in [5.41, 5.74) is 10.2. The first-order valence-electron chi connectivity index (χ1n) is 11.6. The lowest BCUT2D eigenvalue weighted by molar-refractivity contribution is -0.122. The highest BCUT2D eigenvalue weighted by molar-refractivity contribution is 5.81. The first-order valence-corrected chi connectivity index (χ1v) is 11.6. The molecule has 1 aliphatic heterocycles. The molecule has 3 aromatic rings. The van der Waals surface area contributed by atoms with E-state index in [-0.39, 0.29) is 5.91 Å². The maximum Gasteiger partial charge on any atom is 0.237 e. The van der Waals surface area contributed by atoms with Crippen molar-refractivity contribution in [3.8, 4) is 0 Å². The smallest absolute Gasteiger partial charge is 0.237 e. The number of benzene rings is 3. The van der Waals surface area contributed by atoms with Gasteiger partial charge in [-0.25, -0.2) is 0 Å². The fourth-order valence-electron chi connectivity index (χ4n) is 4.64. The Morgan fingerprint density at radius 3 is 1.88 bits per heavy atom. The van der Waals surface area contributed by atoms with Gasteiger partial charge in [0.15, 0.2) is 0 Å². The number of nitrogens with two attached hydrogens (primary N) is 1. The van der Waals surface area contributed by atoms with Gasteiger partial charge >= 0.3 is 0 Å². The third-order valence-corrected chi connectivity index (χ3v) is 6.16. The Labute approximate surface area is 196 Å². The molecule has 0 fully saturated rings. The predicted octanol–water partition coefficient (Wildman–Crippen LogP) is 3.93. The van der Waals surface area contributed by atoms with E-state index in [1.165, 1.54) is 0 Å².